The summed E-state index contributed by atoms with van der Waals surface area (Å²) in [5.74, 6) is 0.0525. The van der Waals surface area contributed by atoms with E-state index >= 15 is 0 Å². The molecule has 0 radical (unpaired) electrons. The quantitative estimate of drug-likeness (QED) is 0.526. The number of alkyl halides is 2. The molecule has 8 heavy (non-hydrogen) atoms. The van der Waals surface area contributed by atoms with Crippen molar-refractivity contribution in [2.45, 2.75) is 25.6 Å². The van der Waals surface area contributed by atoms with Gasteiger partial charge in [-0.05, 0) is 13.3 Å². The standard InChI is InChI=1S/C6H12ClF/c1-3-6(4-8)5(2)7/h5-6H,3-4H2,1-2H3. The minimum atomic E-state index is -0.291. The van der Waals surface area contributed by atoms with Crippen LogP contribution in [0.3, 0.4) is 0 Å². The van der Waals surface area contributed by atoms with Crippen LogP contribution in [0.25, 0.3) is 0 Å². The Labute approximate surface area is 55.0 Å². The van der Waals surface area contributed by atoms with Gasteiger partial charge in [-0.15, -0.1) is 11.6 Å². The molecule has 0 aromatic rings. The van der Waals surface area contributed by atoms with Gasteiger partial charge >= 0.3 is 0 Å². The Balaban J connectivity index is 3.35. The van der Waals surface area contributed by atoms with Gasteiger partial charge in [-0.3, -0.25) is 4.39 Å². The maximum atomic E-state index is 11.8. The Bertz CT molecular complexity index is 50.5. The zero-order chi connectivity index (χ0) is 6.57. The summed E-state index contributed by atoms with van der Waals surface area (Å²) in [4.78, 5) is 0. The summed E-state index contributed by atoms with van der Waals surface area (Å²) in [6.45, 7) is 3.49. The van der Waals surface area contributed by atoms with Crippen molar-refractivity contribution in [3.05, 3.63) is 0 Å². The molecule has 0 aliphatic rings. The van der Waals surface area contributed by atoms with Gasteiger partial charge in [0, 0.05) is 11.3 Å². The molecule has 0 heterocycles. The van der Waals surface area contributed by atoms with E-state index in [2.05, 4.69) is 0 Å². The second-order valence-corrected chi connectivity index (χ2v) is 2.69. The topological polar surface area (TPSA) is 0 Å². The Kier molecular flexibility index (Phi) is 4.25. The van der Waals surface area contributed by atoms with E-state index in [1.807, 2.05) is 13.8 Å². The van der Waals surface area contributed by atoms with Gasteiger partial charge in [0.05, 0.1) is 6.67 Å². The third-order valence-electron chi connectivity index (χ3n) is 1.37. The largest absolute Gasteiger partial charge is 0.251 e. The molecule has 0 amide bonds. The highest BCUT2D eigenvalue weighted by Crippen LogP contribution is 2.13. The lowest BCUT2D eigenvalue weighted by atomic mass is 10.1. The maximum Gasteiger partial charge on any atom is 0.0936 e. The molecule has 0 rings (SSSR count). The van der Waals surface area contributed by atoms with Crippen molar-refractivity contribution in [2.75, 3.05) is 6.67 Å². The first-order valence-corrected chi connectivity index (χ1v) is 3.36. The van der Waals surface area contributed by atoms with Crippen LogP contribution in [0.5, 0.6) is 0 Å². The lowest BCUT2D eigenvalue weighted by molar-refractivity contribution is 0.349. The van der Waals surface area contributed by atoms with Crippen molar-refractivity contribution in [1.82, 2.24) is 0 Å². The van der Waals surface area contributed by atoms with Crippen LogP contribution in [0, 0.1) is 5.92 Å². The maximum absolute atomic E-state index is 11.8. The average Bonchev–Trinajstić information content (AvgIpc) is 1.69. The van der Waals surface area contributed by atoms with Crippen LogP contribution in [-0.4, -0.2) is 12.1 Å². The van der Waals surface area contributed by atoms with Crippen molar-refractivity contribution in [3.8, 4) is 0 Å². The number of hydrogen-bond acceptors (Lipinski definition) is 0. The van der Waals surface area contributed by atoms with E-state index in [4.69, 9.17) is 11.6 Å². The zero-order valence-corrected chi connectivity index (χ0v) is 6.08. The highest BCUT2D eigenvalue weighted by atomic mass is 35.5. The van der Waals surface area contributed by atoms with Crippen LogP contribution in [0.1, 0.15) is 20.3 Å². The van der Waals surface area contributed by atoms with E-state index in [1.54, 1.807) is 0 Å². The van der Waals surface area contributed by atoms with Crippen molar-refractivity contribution in [1.29, 1.82) is 0 Å². The van der Waals surface area contributed by atoms with E-state index in [0.717, 1.165) is 6.42 Å². The summed E-state index contributed by atoms with van der Waals surface area (Å²) < 4.78 is 11.8. The predicted octanol–water partition coefficient (Wildman–Crippen LogP) is 2.61. The number of hydrogen-bond donors (Lipinski definition) is 0. The van der Waals surface area contributed by atoms with E-state index in [1.165, 1.54) is 0 Å². The van der Waals surface area contributed by atoms with Gasteiger partial charge in [0.2, 0.25) is 0 Å². The molecule has 0 aliphatic heterocycles. The molecule has 2 heteroatoms. The molecule has 0 aromatic carbocycles. The molecule has 0 spiro atoms. The van der Waals surface area contributed by atoms with E-state index < -0.39 is 0 Å². The van der Waals surface area contributed by atoms with Gasteiger partial charge < -0.3 is 0 Å². The summed E-state index contributed by atoms with van der Waals surface area (Å²) in [6, 6.07) is 0. The minimum Gasteiger partial charge on any atom is -0.251 e. The molecule has 0 fully saturated rings. The summed E-state index contributed by atoms with van der Waals surface area (Å²) in [5.41, 5.74) is 0. The Morgan fingerprint density at radius 3 is 2.12 bits per heavy atom. The van der Waals surface area contributed by atoms with Gasteiger partial charge in [0.15, 0.2) is 0 Å². The summed E-state index contributed by atoms with van der Waals surface area (Å²) >= 11 is 5.60. The number of halogens is 2. The highest BCUT2D eigenvalue weighted by molar-refractivity contribution is 6.20. The zero-order valence-electron chi connectivity index (χ0n) is 5.32. The van der Waals surface area contributed by atoms with E-state index in [9.17, 15) is 4.39 Å². The average molecular weight is 139 g/mol. The van der Waals surface area contributed by atoms with Gasteiger partial charge in [0.25, 0.3) is 0 Å². The Hall–Kier alpha value is 0.220. The smallest absolute Gasteiger partial charge is 0.0936 e. The minimum absolute atomic E-state index is 0.0231. The molecule has 2 atom stereocenters. The van der Waals surface area contributed by atoms with Gasteiger partial charge in [-0.2, -0.15) is 0 Å². The number of rotatable bonds is 3. The first-order chi connectivity index (χ1) is 3.72. The van der Waals surface area contributed by atoms with Gasteiger partial charge in [-0.1, -0.05) is 6.92 Å². The molecule has 0 saturated carbocycles. The summed E-state index contributed by atoms with van der Waals surface area (Å²) in [6.07, 6.45) is 0.834. The van der Waals surface area contributed by atoms with Crippen LogP contribution in [-0.2, 0) is 0 Å². The van der Waals surface area contributed by atoms with Crippen LogP contribution in [0.15, 0.2) is 0 Å². The van der Waals surface area contributed by atoms with Crippen molar-refractivity contribution in [2.24, 2.45) is 5.92 Å². The van der Waals surface area contributed by atoms with Crippen LogP contribution in [0.2, 0.25) is 0 Å². The summed E-state index contributed by atoms with van der Waals surface area (Å²) in [7, 11) is 0. The Morgan fingerprint density at radius 1 is 1.62 bits per heavy atom. The molecular weight excluding hydrogens is 127 g/mol. The lowest BCUT2D eigenvalue weighted by Crippen LogP contribution is -2.11. The van der Waals surface area contributed by atoms with Crippen LogP contribution in [0.4, 0.5) is 4.39 Å². The first kappa shape index (κ1) is 8.22. The molecular formula is C6H12ClF. The normalized spacial score (nSPS) is 18.0. The molecule has 0 bridgehead atoms. The summed E-state index contributed by atoms with van der Waals surface area (Å²) in [5, 5.41) is -0.0231. The fraction of sp³-hybridized carbons (Fsp3) is 1.00. The molecule has 0 aliphatic carbocycles. The van der Waals surface area contributed by atoms with Gasteiger partial charge in [-0.25, -0.2) is 0 Å². The molecule has 50 valence electrons. The van der Waals surface area contributed by atoms with Crippen LogP contribution < -0.4 is 0 Å². The fourth-order valence-electron chi connectivity index (χ4n) is 0.557. The first-order valence-electron chi connectivity index (χ1n) is 2.92. The second kappa shape index (κ2) is 4.13. The van der Waals surface area contributed by atoms with Crippen molar-refractivity contribution >= 4 is 11.6 Å². The third-order valence-corrected chi connectivity index (χ3v) is 1.73. The Morgan fingerprint density at radius 2 is 2.12 bits per heavy atom. The van der Waals surface area contributed by atoms with Crippen LogP contribution >= 0.6 is 11.6 Å². The monoisotopic (exact) mass is 138 g/mol. The molecule has 0 N–H and O–H groups in total. The second-order valence-electron chi connectivity index (χ2n) is 2.00. The third kappa shape index (κ3) is 2.51. The molecule has 0 saturated heterocycles. The SMILES string of the molecule is CCC(CF)C(C)Cl. The van der Waals surface area contributed by atoms with E-state index in [-0.39, 0.29) is 18.0 Å². The highest BCUT2D eigenvalue weighted by Gasteiger charge is 2.10. The van der Waals surface area contributed by atoms with E-state index in [0.29, 0.717) is 0 Å². The molecule has 0 aromatic heterocycles. The van der Waals surface area contributed by atoms with Gasteiger partial charge in [0.1, 0.15) is 0 Å². The lowest BCUT2D eigenvalue weighted by Gasteiger charge is -2.10. The van der Waals surface area contributed by atoms with Crippen molar-refractivity contribution in [3.63, 3.8) is 0 Å². The predicted molar refractivity (Wildman–Crippen MR) is 35.1 cm³/mol. The fourth-order valence-corrected chi connectivity index (χ4v) is 0.802. The molecule has 2 unspecified atom stereocenters. The molecule has 0 nitrogen and oxygen atoms in total. The van der Waals surface area contributed by atoms with Crippen molar-refractivity contribution < 1.29 is 4.39 Å².